The Morgan fingerprint density at radius 1 is 1.06 bits per heavy atom. The first-order valence-corrected chi connectivity index (χ1v) is 12.0. The predicted octanol–water partition coefficient (Wildman–Crippen LogP) is 4.31. The fraction of sp³-hybridized carbons (Fsp3) is 0.444. The molecular formula is C27H32N2O5. The summed E-state index contributed by atoms with van der Waals surface area (Å²) in [5, 5.41) is 15.0. The molecule has 0 bridgehead atoms. The second kappa shape index (κ2) is 9.87. The summed E-state index contributed by atoms with van der Waals surface area (Å²) in [6.45, 7) is 4.03. The Hall–Kier alpha value is -3.35. The van der Waals surface area contributed by atoms with E-state index in [4.69, 9.17) is 4.74 Å². The molecule has 1 fully saturated rings. The summed E-state index contributed by atoms with van der Waals surface area (Å²) in [6.07, 6.45) is 2.14. The number of carboxylic acids is 1. The maximum absolute atomic E-state index is 13.0. The van der Waals surface area contributed by atoms with Crippen LogP contribution in [0.25, 0.3) is 11.1 Å². The number of fused-ring (bicyclic) bond motifs is 3. The minimum absolute atomic E-state index is 0.0361. The van der Waals surface area contributed by atoms with Crippen LogP contribution in [0.2, 0.25) is 0 Å². The summed E-state index contributed by atoms with van der Waals surface area (Å²) >= 11 is 0. The second-order valence-electron chi connectivity index (χ2n) is 9.49. The van der Waals surface area contributed by atoms with E-state index in [-0.39, 0.29) is 30.9 Å². The first kappa shape index (κ1) is 23.8. The fourth-order valence-electron chi connectivity index (χ4n) is 4.96. The third kappa shape index (κ3) is 4.52. The minimum Gasteiger partial charge on any atom is -0.480 e. The van der Waals surface area contributed by atoms with Crippen LogP contribution in [0.4, 0.5) is 4.79 Å². The van der Waals surface area contributed by atoms with Crippen LogP contribution in [0.5, 0.6) is 0 Å². The van der Waals surface area contributed by atoms with E-state index >= 15 is 0 Å². The Balaban J connectivity index is 1.36. The van der Waals surface area contributed by atoms with Crippen molar-refractivity contribution in [1.82, 2.24) is 10.6 Å². The molecule has 2 unspecified atom stereocenters. The molecule has 0 aromatic heterocycles. The molecule has 2 aliphatic rings. The number of rotatable bonds is 9. The maximum atomic E-state index is 13.0. The van der Waals surface area contributed by atoms with E-state index in [2.05, 4.69) is 34.9 Å². The van der Waals surface area contributed by atoms with Gasteiger partial charge in [0.1, 0.15) is 12.6 Å². The van der Waals surface area contributed by atoms with Gasteiger partial charge in [0, 0.05) is 12.5 Å². The fourth-order valence-corrected chi connectivity index (χ4v) is 4.96. The molecule has 2 atom stereocenters. The Bertz CT molecular complexity index is 1030. The highest BCUT2D eigenvalue weighted by Gasteiger charge is 2.46. The van der Waals surface area contributed by atoms with Crippen molar-refractivity contribution in [2.24, 2.45) is 11.3 Å². The number of carbonyl (C=O) groups excluding carboxylic acids is 2. The molecule has 0 aliphatic heterocycles. The number of carbonyl (C=O) groups is 3. The average molecular weight is 465 g/mol. The molecule has 0 saturated heterocycles. The van der Waals surface area contributed by atoms with E-state index in [9.17, 15) is 19.5 Å². The van der Waals surface area contributed by atoms with Gasteiger partial charge in [-0.05, 0) is 41.0 Å². The molecule has 2 aliphatic carbocycles. The van der Waals surface area contributed by atoms with Gasteiger partial charge in [-0.2, -0.15) is 0 Å². The zero-order valence-corrected chi connectivity index (χ0v) is 19.7. The molecule has 7 nitrogen and oxygen atoms in total. The smallest absolute Gasteiger partial charge is 0.407 e. The van der Waals surface area contributed by atoms with Crippen molar-refractivity contribution in [3.8, 4) is 11.1 Å². The van der Waals surface area contributed by atoms with Gasteiger partial charge in [0.05, 0.1) is 5.41 Å². The average Bonchev–Trinajstić information content (AvgIpc) is 3.13. The second-order valence-corrected chi connectivity index (χ2v) is 9.49. The zero-order valence-electron chi connectivity index (χ0n) is 19.7. The van der Waals surface area contributed by atoms with Crippen LogP contribution in [0, 0.1) is 11.3 Å². The number of benzene rings is 2. The Morgan fingerprint density at radius 3 is 2.15 bits per heavy atom. The van der Waals surface area contributed by atoms with Crippen molar-refractivity contribution in [3.05, 3.63) is 59.7 Å². The number of amides is 2. The minimum atomic E-state index is -1.04. The molecule has 4 rings (SSSR count). The lowest BCUT2D eigenvalue weighted by atomic mass is 9.67. The van der Waals surface area contributed by atoms with Crippen molar-refractivity contribution >= 4 is 18.0 Å². The summed E-state index contributed by atoms with van der Waals surface area (Å²) in [4.78, 5) is 37.1. The number of hydrogen-bond donors (Lipinski definition) is 3. The van der Waals surface area contributed by atoms with Gasteiger partial charge in [-0.1, -0.05) is 75.2 Å². The van der Waals surface area contributed by atoms with Gasteiger partial charge >= 0.3 is 12.1 Å². The Kier molecular flexibility index (Phi) is 6.91. The van der Waals surface area contributed by atoms with Crippen molar-refractivity contribution in [2.75, 3.05) is 13.2 Å². The number of nitrogens with one attached hydrogen (secondary N) is 2. The molecule has 0 radical (unpaired) electrons. The van der Waals surface area contributed by atoms with Gasteiger partial charge in [0.2, 0.25) is 5.91 Å². The molecule has 1 saturated carbocycles. The normalized spacial score (nSPS) is 17.5. The first-order chi connectivity index (χ1) is 16.4. The number of carboxylic acid groups (broad SMARTS) is 1. The van der Waals surface area contributed by atoms with Crippen LogP contribution in [0.3, 0.4) is 0 Å². The van der Waals surface area contributed by atoms with Crippen LogP contribution in [-0.2, 0) is 14.3 Å². The summed E-state index contributed by atoms with van der Waals surface area (Å²) < 4.78 is 5.58. The van der Waals surface area contributed by atoms with Crippen molar-refractivity contribution in [1.29, 1.82) is 0 Å². The highest BCUT2D eigenvalue weighted by Crippen LogP contribution is 2.44. The Labute approximate surface area is 199 Å². The maximum Gasteiger partial charge on any atom is 0.407 e. The van der Waals surface area contributed by atoms with E-state index < -0.39 is 23.5 Å². The van der Waals surface area contributed by atoms with Crippen molar-refractivity contribution < 1.29 is 24.2 Å². The molecular weight excluding hydrogens is 432 g/mol. The molecule has 3 N–H and O–H groups in total. The number of aliphatic carboxylic acids is 1. The van der Waals surface area contributed by atoms with Gasteiger partial charge in [0.15, 0.2) is 0 Å². The highest BCUT2D eigenvalue weighted by molar-refractivity contribution is 5.89. The molecule has 2 aromatic carbocycles. The lowest BCUT2D eigenvalue weighted by Gasteiger charge is -2.41. The lowest BCUT2D eigenvalue weighted by Crippen LogP contribution is -2.57. The SMILES string of the molecule is CCC(C)C(NC(=O)C1(CNC(=O)OCC2c3ccccc3-c3ccccc32)CCC1)C(=O)O. The number of alkyl carbamates (subject to hydrolysis) is 1. The monoisotopic (exact) mass is 464 g/mol. The van der Waals surface area contributed by atoms with Crippen LogP contribution < -0.4 is 10.6 Å². The molecule has 2 amide bonds. The molecule has 7 heteroatoms. The zero-order chi connectivity index (χ0) is 24.3. The molecule has 0 spiro atoms. The third-order valence-electron chi connectivity index (χ3n) is 7.47. The van der Waals surface area contributed by atoms with E-state index in [0.717, 1.165) is 28.7 Å². The van der Waals surface area contributed by atoms with E-state index in [0.29, 0.717) is 19.3 Å². The molecule has 180 valence electrons. The van der Waals surface area contributed by atoms with Gasteiger partial charge in [-0.25, -0.2) is 9.59 Å². The van der Waals surface area contributed by atoms with Gasteiger partial charge < -0.3 is 20.5 Å². The number of ether oxygens (including phenoxy) is 1. The first-order valence-electron chi connectivity index (χ1n) is 12.0. The summed E-state index contributed by atoms with van der Waals surface area (Å²) in [7, 11) is 0. The number of hydrogen-bond acceptors (Lipinski definition) is 4. The van der Waals surface area contributed by atoms with Crippen LogP contribution >= 0.6 is 0 Å². The van der Waals surface area contributed by atoms with E-state index in [1.165, 1.54) is 0 Å². The molecule has 0 heterocycles. The molecule has 34 heavy (non-hydrogen) atoms. The summed E-state index contributed by atoms with van der Waals surface area (Å²) in [6, 6.07) is 15.3. The quantitative estimate of drug-likeness (QED) is 0.513. The lowest BCUT2D eigenvalue weighted by molar-refractivity contribution is -0.147. The van der Waals surface area contributed by atoms with E-state index in [1.807, 2.05) is 31.2 Å². The summed E-state index contributed by atoms with van der Waals surface area (Å²) in [5.74, 6) is -1.58. The third-order valence-corrected chi connectivity index (χ3v) is 7.47. The highest BCUT2D eigenvalue weighted by atomic mass is 16.5. The molecule has 2 aromatic rings. The van der Waals surface area contributed by atoms with Crippen LogP contribution in [-0.4, -0.2) is 42.3 Å². The van der Waals surface area contributed by atoms with Crippen molar-refractivity contribution in [2.45, 2.75) is 51.5 Å². The van der Waals surface area contributed by atoms with Crippen LogP contribution in [0.1, 0.15) is 56.6 Å². The largest absolute Gasteiger partial charge is 0.480 e. The predicted molar refractivity (Wildman–Crippen MR) is 128 cm³/mol. The van der Waals surface area contributed by atoms with Gasteiger partial charge in [-0.15, -0.1) is 0 Å². The van der Waals surface area contributed by atoms with Gasteiger partial charge in [0.25, 0.3) is 0 Å². The standard InChI is InChI=1S/C27H32N2O5/c1-3-17(2)23(24(30)31)29-25(32)27(13-8-14-27)16-28-26(33)34-15-22-20-11-6-4-9-18(20)19-10-5-7-12-21(19)22/h4-7,9-12,17,22-23H,3,8,13-16H2,1-2H3,(H,28,33)(H,29,32)(H,30,31). The summed E-state index contributed by atoms with van der Waals surface area (Å²) in [5.41, 5.74) is 3.80. The van der Waals surface area contributed by atoms with E-state index in [1.54, 1.807) is 6.92 Å². The Morgan fingerprint density at radius 2 is 1.65 bits per heavy atom. The van der Waals surface area contributed by atoms with Crippen LogP contribution in [0.15, 0.2) is 48.5 Å². The van der Waals surface area contributed by atoms with Crippen molar-refractivity contribution in [3.63, 3.8) is 0 Å². The van der Waals surface area contributed by atoms with Gasteiger partial charge in [-0.3, -0.25) is 4.79 Å². The topological polar surface area (TPSA) is 105 Å².